The number of thiazole rings is 1. The van der Waals surface area contributed by atoms with Crippen molar-refractivity contribution < 1.29 is 4.74 Å². The number of aliphatic imine (C=N–C) groups is 1. The van der Waals surface area contributed by atoms with Gasteiger partial charge in [-0.3, -0.25) is 4.99 Å². The van der Waals surface area contributed by atoms with Crippen molar-refractivity contribution in [1.82, 2.24) is 25.2 Å². The number of piperidine rings is 1. The van der Waals surface area contributed by atoms with Gasteiger partial charge < -0.3 is 15.4 Å². The number of ether oxygens (including phenoxy) is 1. The summed E-state index contributed by atoms with van der Waals surface area (Å²) in [6, 6.07) is 14.5. The van der Waals surface area contributed by atoms with E-state index in [1.807, 2.05) is 22.8 Å². The lowest BCUT2D eigenvalue weighted by Crippen LogP contribution is -2.34. The second kappa shape index (κ2) is 9.28. The standard InChI is InChI=1S/C27H28N6OS/c1-17-15-29-16-30-24(17)26-25(19-6-4-3-5-7-19)31-27(35-26)23-18(2)32-33-13-10-21(14-22(23)33)34-20-8-11-28-12-9-20/h3-7,10,13-14,16,20,28H,8-9,11-12,15H2,1-2H3,(H,29,30). The number of nitrogens with zero attached hydrogens (tertiary/aromatic N) is 4. The van der Waals surface area contributed by atoms with Crippen molar-refractivity contribution in [2.45, 2.75) is 32.8 Å². The Bertz CT molecular complexity index is 1430. The molecule has 0 spiro atoms. The van der Waals surface area contributed by atoms with Crippen molar-refractivity contribution >= 4 is 28.9 Å². The number of aromatic nitrogens is 3. The molecule has 8 heteroatoms. The van der Waals surface area contributed by atoms with E-state index >= 15 is 0 Å². The molecule has 3 aromatic heterocycles. The Morgan fingerprint density at radius 1 is 1.09 bits per heavy atom. The van der Waals surface area contributed by atoms with Gasteiger partial charge in [-0.15, -0.1) is 11.3 Å². The van der Waals surface area contributed by atoms with Crippen LogP contribution in [-0.2, 0) is 0 Å². The van der Waals surface area contributed by atoms with Crippen LogP contribution in [0.3, 0.4) is 0 Å². The van der Waals surface area contributed by atoms with Gasteiger partial charge >= 0.3 is 0 Å². The first-order valence-corrected chi connectivity index (χ1v) is 12.9. The molecule has 178 valence electrons. The third kappa shape index (κ3) is 4.24. The highest BCUT2D eigenvalue weighted by Crippen LogP contribution is 2.41. The molecular formula is C27H28N6OS. The van der Waals surface area contributed by atoms with E-state index in [4.69, 9.17) is 14.8 Å². The molecule has 2 aliphatic rings. The third-order valence-electron chi connectivity index (χ3n) is 6.54. The van der Waals surface area contributed by atoms with Gasteiger partial charge in [0.2, 0.25) is 0 Å². The molecule has 0 unspecified atom stereocenters. The van der Waals surface area contributed by atoms with Crippen molar-refractivity contribution in [2.24, 2.45) is 4.99 Å². The van der Waals surface area contributed by atoms with E-state index in [1.165, 1.54) is 5.57 Å². The molecule has 2 N–H and O–H groups in total. The minimum Gasteiger partial charge on any atom is -0.490 e. The number of hydrogen-bond acceptors (Lipinski definition) is 7. The fraction of sp³-hybridized carbons (Fsp3) is 0.296. The van der Waals surface area contributed by atoms with E-state index in [0.717, 1.165) is 75.3 Å². The zero-order valence-corrected chi connectivity index (χ0v) is 20.7. The summed E-state index contributed by atoms with van der Waals surface area (Å²) in [6.45, 7) is 6.87. The molecule has 35 heavy (non-hydrogen) atoms. The van der Waals surface area contributed by atoms with Crippen LogP contribution in [0.2, 0.25) is 0 Å². The quantitative estimate of drug-likeness (QED) is 0.420. The van der Waals surface area contributed by atoms with Gasteiger partial charge in [0.05, 0.1) is 45.9 Å². The Kier molecular flexibility index (Phi) is 5.83. The lowest BCUT2D eigenvalue weighted by Gasteiger charge is -2.23. The van der Waals surface area contributed by atoms with E-state index in [2.05, 4.69) is 59.8 Å². The molecule has 0 bridgehead atoms. The number of benzene rings is 1. The van der Waals surface area contributed by atoms with Gasteiger partial charge in [-0.2, -0.15) is 5.10 Å². The molecule has 0 radical (unpaired) electrons. The van der Waals surface area contributed by atoms with Gasteiger partial charge in [-0.25, -0.2) is 9.50 Å². The lowest BCUT2D eigenvalue weighted by atomic mass is 10.1. The second-order valence-electron chi connectivity index (χ2n) is 9.05. The highest BCUT2D eigenvalue weighted by atomic mass is 32.1. The average Bonchev–Trinajstić information content (AvgIpc) is 3.45. The molecule has 0 saturated carbocycles. The monoisotopic (exact) mass is 484 g/mol. The van der Waals surface area contributed by atoms with E-state index in [9.17, 15) is 0 Å². The smallest absolute Gasteiger partial charge is 0.128 e. The van der Waals surface area contributed by atoms with Crippen molar-refractivity contribution in [3.8, 4) is 27.6 Å². The minimum absolute atomic E-state index is 0.247. The largest absolute Gasteiger partial charge is 0.490 e. The maximum absolute atomic E-state index is 6.34. The van der Waals surface area contributed by atoms with Crippen molar-refractivity contribution in [2.75, 3.05) is 19.6 Å². The van der Waals surface area contributed by atoms with Crippen molar-refractivity contribution in [3.05, 3.63) is 64.8 Å². The zero-order valence-electron chi connectivity index (χ0n) is 19.9. The molecule has 5 heterocycles. The predicted octanol–water partition coefficient (Wildman–Crippen LogP) is 4.93. The Labute approximate surface area is 208 Å². The Morgan fingerprint density at radius 2 is 1.91 bits per heavy atom. The van der Waals surface area contributed by atoms with E-state index < -0.39 is 0 Å². The van der Waals surface area contributed by atoms with E-state index in [1.54, 1.807) is 17.7 Å². The summed E-state index contributed by atoms with van der Waals surface area (Å²) >= 11 is 1.70. The molecular weight excluding hydrogens is 456 g/mol. The van der Waals surface area contributed by atoms with E-state index in [-0.39, 0.29) is 6.10 Å². The summed E-state index contributed by atoms with van der Waals surface area (Å²) in [5.41, 5.74) is 7.38. The van der Waals surface area contributed by atoms with Gasteiger partial charge in [0, 0.05) is 17.8 Å². The average molecular weight is 485 g/mol. The molecule has 1 aromatic carbocycles. The number of pyridine rings is 1. The summed E-state index contributed by atoms with van der Waals surface area (Å²) in [7, 11) is 0. The van der Waals surface area contributed by atoms with Crippen LogP contribution in [0.15, 0.2) is 59.2 Å². The van der Waals surface area contributed by atoms with Gasteiger partial charge in [0.25, 0.3) is 0 Å². The summed E-state index contributed by atoms with van der Waals surface area (Å²) in [6.07, 6.45) is 6.06. The highest BCUT2D eigenvalue weighted by molar-refractivity contribution is 7.16. The number of nitrogens with one attached hydrogen (secondary N) is 2. The second-order valence-corrected chi connectivity index (χ2v) is 10.1. The highest BCUT2D eigenvalue weighted by Gasteiger charge is 2.24. The first-order valence-electron chi connectivity index (χ1n) is 12.1. The number of rotatable bonds is 5. The number of fused-ring (bicyclic) bond motifs is 1. The Morgan fingerprint density at radius 3 is 2.71 bits per heavy atom. The van der Waals surface area contributed by atoms with Crippen LogP contribution in [0.25, 0.3) is 33.0 Å². The van der Waals surface area contributed by atoms with Crippen LogP contribution >= 0.6 is 11.3 Å². The molecule has 2 aliphatic heterocycles. The summed E-state index contributed by atoms with van der Waals surface area (Å²) in [5.74, 6) is 0.884. The van der Waals surface area contributed by atoms with E-state index in [0.29, 0.717) is 6.54 Å². The van der Waals surface area contributed by atoms with Crippen LogP contribution in [0, 0.1) is 6.92 Å². The molecule has 1 fully saturated rings. The maximum Gasteiger partial charge on any atom is 0.128 e. The molecule has 0 aliphatic carbocycles. The number of aryl methyl sites for hydroxylation is 1. The molecule has 7 nitrogen and oxygen atoms in total. The summed E-state index contributed by atoms with van der Waals surface area (Å²) < 4.78 is 8.27. The Balaban J connectivity index is 1.46. The van der Waals surface area contributed by atoms with Crippen LogP contribution < -0.4 is 15.4 Å². The van der Waals surface area contributed by atoms with Gasteiger partial charge in [0.1, 0.15) is 16.9 Å². The van der Waals surface area contributed by atoms with Gasteiger partial charge in [-0.05, 0) is 51.4 Å². The van der Waals surface area contributed by atoms with Gasteiger partial charge in [0.15, 0.2) is 0 Å². The first-order chi connectivity index (χ1) is 17.2. The normalized spacial score (nSPS) is 16.6. The Hall–Kier alpha value is -3.49. The van der Waals surface area contributed by atoms with Gasteiger partial charge in [-0.1, -0.05) is 30.3 Å². The fourth-order valence-electron chi connectivity index (χ4n) is 4.73. The molecule has 1 saturated heterocycles. The summed E-state index contributed by atoms with van der Waals surface area (Å²) in [4.78, 5) is 10.7. The SMILES string of the molecule is CC1=C(c2sc(-c3c(C)nn4ccc(OC5CCNCC5)cc34)nc2-c2ccccc2)NC=NC1. The topological polar surface area (TPSA) is 75.8 Å². The molecule has 6 rings (SSSR count). The van der Waals surface area contributed by atoms with Crippen LogP contribution in [-0.4, -0.2) is 46.7 Å². The van der Waals surface area contributed by atoms with Crippen molar-refractivity contribution in [1.29, 1.82) is 0 Å². The van der Waals surface area contributed by atoms with Crippen LogP contribution in [0.5, 0.6) is 5.75 Å². The van der Waals surface area contributed by atoms with Crippen LogP contribution in [0.1, 0.15) is 30.3 Å². The predicted molar refractivity (Wildman–Crippen MR) is 142 cm³/mol. The molecule has 0 atom stereocenters. The zero-order chi connectivity index (χ0) is 23.8. The minimum atomic E-state index is 0.247. The van der Waals surface area contributed by atoms with Crippen molar-refractivity contribution in [3.63, 3.8) is 0 Å². The third-order valence-corrected chi connectivity index (χ3v) is 7.63. The first kappa shape index (κ1) is 22.0. The summed E-state index contributed by atoms with van der Waals surface area (Å²) in [5, 5.41) is 12.5. The number of hydrogen-bond donors (Lipinski definition) is 2. The fourth-order valence-corrected chi connectivity index (χ4v) is 6.01. The maximum atomic E-state index is 6.34. The molecule has 0 amide bonds. The van der Waals surface area contributed by atoms with Crippen LogP contribution in [0.4, 0.5) is 0 Å². The molecule has 4 aromatic rings. The lowest BCUT2D eigenvalue weighted by molar-refractivity contribution is 0.162.